The summed E-state index contributed by atoms with van der Waals surface area (Å²) >= 11 is 0.894. The smallest absolute Gasteiger partial charge is 0.350 e. The van der Waals surface area contributed by atoms with Crippen LogP contribution in [0.5, 0.6) is 0 Å². The molecular formula is C27H22N4O7S. The number of amides is 1. The molecule has 1 N–H and O–H groups in total. The average Bonchev–Trinajstić information content (AvgIpc) is 3.57. The third-order valence-electron chi connectivity index (χ3n) is 6.38. The molecule has 0 radical (unpaired) electrons. The van der Waals surface area contributed by atoms with Crippen LogP contribution in [0.4, 0.5) is 5.13 Å². The van der Waals surface area contributed by atoms with Crippen molar-refractivity contribution in [2.24, 2.45) is 0 Å². The van der Waals surface area contributed by atoms with Gasteiger partial charge in [-0.2, -0.15) is 0 Å². The van der Waals surface area contributed by atoms with Crippen molar-refractivity contribution in [1.29, 1.82) is 0 Å². The van der Waals surface area contributed by atoms with Gasteiger partial charge in [-0.15, -0.1) is 0 Å². The largest absolute Gasteiger partial charge is 0.505 e. The van der Waals surface area contributed by atoms with Crippen LogP contribution in [0.25, 0.3) is 11.4 Å². The van der Waals surface area contributed by atoms with Crippen molar-refractivity contribution in [3.63, 3.8) is 0 Å². The van der Waals surface area contributed by atoms with E-state index in [4.69, 9.17) is 9.47 Å². The maximum Gasteiger partial charge on any atom is 0.350 e. The Hall–Kier alpha value is -4.84. The minimum atomic E-state index is -1.12. The lowest BCUT2D eigenvalue weighted by molar-refractivity contribution is -0.132. The zero-order valence-corrected chi connectivity index (χ0v) is 22.1. The number of aryl methyl sites for hydroxylation is 2. The topological polar surface area (TPSA) is 140 Å². The van der Waals surface area contributed by atoms with Gasteiger partial charge in [0, 0.05) is 6.20 Å². The molecule has 12 heteroatoms. The van der Waals surface area contributed by atoms with Crippen molar-refractivity contribution in [2.75, 3.05) is 19.1 Å². The van der Waals surface area contributed by atoms with Gasteiger partial charge in [0.05, 0.1) is 42.8 Å². The predicted octanol–water partition coefficient (Wildman–Crippen LogP) is 3.61. The zero-order chi connectivity index (χ0) is 28.0. The molecular weight excluding hydrogens is 524 g/mol. The predicted molar refractivity (Wildman–Crippen MR) is 141 cm³/mol. The van der Waals surface area contributed by atoms with Crippen LogP contribution in [0.15, 0.2) is 54.2 Å². The molecule has 0 bridgehead atoms. The van der Waals surface area contributed by atoms with E-state index in [-0.39, 0.29) is 26.8 Å². The van der Waals surface area contributed by atoms with Gasteiger partial charge in [-0.25, -0.2) is 19.6 Å². The van der Waals surface area contributed by atoms with Crippen LogP contribution in [0.1, 0.15) is 48.7 Å². The fourth-order valence-corrected chi connectivity index (χ4v) is 5.57. The Bertz CT molecular complexity index is 1700. The number of aliphatic hydroxyl groups excluding tert-OH is 1. The number of rotatable bonds is 5. The first kappa shape index (κ1) is 25.8. The molecule has 5 rings (SSSR count). The van der Waals surface area contributed by atoms with Gasteiger partial charge in [0.15, 0.2) is 10.9 Å². The number of pyridine rings is 1. The van der Waals surface area contributed by atoms with Crippen molar-refractivity contribution in [2.45, 2.75) is 19.9 Å². The van der Waals surface area contributed by atoms with Crippen molar-refractivity contribution in [3.8, 4) is 0 Å². The van der Waals surface area contributed by atoms with Crippen LogP contribution >= 0.6 is 11.3 Å². The van der Waals surface area contributed by atoms with Crippen molar-refractivity contribution in [1.82, 2.24) is 14.4 Å². The molecule has 4 aromatic rings. The Kier molecular flexibility index (Phi) is 6.48. The molecule has 1 atom stereocenters. The van der Waals surface area contributed by atoms with Gasteiger partial charge >= 0.3 is 17.8 Å². The highest BCUT2D eigenvalue weighted by atomic mass is 32.1. The Morgan fingerprint density at radius 3 is 2.31 bits per heavy atom. The van der Waals surface area contributed by atoms with Crippen LogP contribution in [0.2, 0.25) is 0 Å². The molecule has 198 valence electrons. The highest BCUT2D eigenvalue weighted by molar-refractivity contribution is 7.17. The molecule has 1 unspecified atom stereocenters. The SMILES string of the molecule is COC(=O)c1ccc(C2/C(=C(\O)c3c(C)nc4ccccn34)C(=O)C(=O)N2c2nc(C)c(C(=O)OC)s2)cc1. The highest BCUT2D eigenvalue weighted by Gasteiger charge is 2.49. The highest BCUT2D eigenvalue weighted by Crippen LogP contribution is 2.44. The number of Topliss-reactive ketones (excluding diaryl/α,β-unsaturated/α-hetero) is 1. The summed E-state index contributed by atoms with van der Waals surface area (Å²) in [4.78, 5) is 61.4. The summed E-state index contributed by atoms with van der Waals surface area (Å²) in [6, 6.07) is 10.3. The second kappa shape index (κ2) is 9.80. The molecule has 3 aromatic heterocycles. The molecule has 1 aliphatic rings. The normalized spacial score (nSPS) is 16.6. The monoisotopic (exact) mass is 546 g/mol. The van der Waals surface area contributed by atoms with Crippen molar-refractivity contribution < 1.29 is 33.8 Å². The summed E-state index contributed by atoms with van der Waals surface area (Å²) in [7, 11) is 2.49. The van der Waals surface area contributed by atoms with Crippen molar-refractivity contribution >= 4 is 51.5 Å². The lowest BCUT2D eigenvalue weighted by Gasteiger charge is -2.23. The number of ketones is 1. The van der Waals surface area contributed by atoms with Gasteiger partial charge in [-0.3, -0.25) is 18.9 Å². The second-order valence-electron chi connectivity index (χ2n) is 8.66. The number of hydrogen-bond donors (Lipinski definition) is 1. The fourth-order valence-electron chi connectivity index (χ4n) is 4.56. The number of methoxy groups -OCH3 is 2. The zero-order valence-electron chi connectivity index (χ0n) is 21.3. The lowest BCUT2D eigenvalue weighted by atomic mass is 9.95. The van der Waals surface area contributed by atoms with E-state index in [2.05, 4.69) is 9.97 Å². The number of thiazole rings is 1. The van der Waals surface area contributed by atoms with E-state index in [1.807, 2.05) is 0 Å². The Morgan fingerprint density at radius 1 is 0.949 bits per heavy atom. The number of imidazole rings is 1. The van der Waals surface area contributed by atoms with Gasteiger partial charge in [-0.1, -0.05) is 29.5 Å². The summed E-state index contributed by atoms with van der Waals surface area (Å²) in [5, 5.41) is 11.7. The van der Waals surface area contributed by atoms with Crippen LogP contribution in [0.3, 0.4) is 0 Å². The van der Waals surface area contributed by atoms with Gasteiger partial charge < -0.3 is 14.6 Å². The maximum absolute atomic E-state index is 13.5. The van der Waals surface area contributed by atoms with E-state index in [0.717, 1.165) is 16.2 Å². The molecule has 1 fully saturated rings. The molecule has 4 heterocycles. The number of nitrogens with zero attached hydrogens (tertiary/aromatic N) is 4. The number of ether oxygens (including phenoxy) is 2. The van der Waals surface area contributed by atoms with E-state index in [0.29, 0.717) is 22.6 Å². The number of aromatic nitrogens is 3. The van der Waals surface area contributed by atoms with Gasteiger partial charge in [0.25, 0.3) is 5.78 Å². The lowest BCUT2D eigenvalue weighted by Crippen LogP contribution is -2.29. The molecule has 0 aliphatic carbocycles. The number of benzene rings is 1. The van der Waals surface area contributed by atoms with Crippen LogP contribution in [-0.2, 0) is 19.1 Å². The molecule has 1 amide bonds. The number of aliphatic hydroxyl groups is 1. The maximum atomic E-state index is 13.5. The summed E-state index contributed by atoms with van der Waals surface area (Å²) in [6.07, 6.45) is 1.69. The quantitative estimate of drug-likeness (QED) is 0.172. The molecule has 0 saturated carbocycles. The summed E-state index contributed by atoms with van der Waals surface area (Å²) in [5.41, 5.74) is 2.06. The van der Waals surface area contributed by atoms with E-state index >= 15 is 0 Å². The molecule has 1 saturated heterocycles. The Morgan fingerprint density at radius 2 is 1.64 bits per heavy atom. The minimum Gasteiger partial charge on any atom is -0.505 e. The molecule has 1 aliphatic heterocycles. The standard InChI is InChI=1S/C27H22N4O7S/c1-13-19(30-12-6-5-7-17(30)28-13)21(32)18-20(15-8-10-16(11-9-15)25(35)37-3)31(24(34)22(18)33)27-29-14(2)23(39-27)26(36)38-4/h5-12,20,32H,1-4H3/b21-18+. The number of esters is 2. The summed E-state index contributed by atoms with van der Waals surface area (Å²) < 4.78 is 11.2. The first-order valence-corrected chi connectivity index (χ1v) is 12.5. The Balaban J connectivity index is 1.75. The number of anilines is 1. The number of hydrogen-bond acceptors (Lipinski definition) is 10. The minimum absolute atomic E-state index is 0.0750. The summed E-state index contributed by atoms with van der Waals surface area (Å²) in [6.45, 7) is 3.27. The van der Waals surface area contributed by atoms with Gasteiger partial charge in [-0.05, 0) is 43.7 Å². The molecule has 1 aromatic carbocycles. The average molecular weight is 547 g/mol. The third-order valence-corrected chi connectivity index (χ3v) is 7.52. The van der Waals surface area contributed by atoms with Crippen LogP contribution in [-0.4, -0.2) is 57.3 Å². The number of fused-ring (bicyclic) bond motifs is 1. The molecule has 11 nitrogen and oxygen atoms in total. The van der Waals surface area contributed by atoms with E-state index in [1.54, 1.807) is 54.8 Å². The number of carbonyl (C=O) groups excluding carboxylic acids is 4. The van der Waals surface area contributed by atoms with Crippen molar-refractivity contribution in [3.05, 3.63) is 87.3 Å². The number of carbonyl (C=O) groups is 4. The van der Waals surface area contributed by atoms with E-state index < -0.39 is 35.4 Å². The Labute approximate surface area is 225 Å². The second-order valence-corrected chi connectivity index (χ2v) is 9.64. The molecule has 39 heavy (non-hydrogen) atoms. The summed E-state index contributed by atoms with van der Waals surface area (Å²) in [5.74, 6) is -3.48. The van der Waals surface area contributed by atoms with Gasteiger partial charge in [0.2, 0.25) is 0 Å². The fraction of sp³-hybridized carbons (Fsp3) is 0.185. The first-order valence-electron chi connectivity index (χ1n) is 11.7. The molecule has 0 spiro atoms. The van der Waals surface area contributed by atoms with E-state index in [1.165, 1.54) is 26.4 Å². The van der Waals surface area contributed by atoms with Crippen LogP contribution in [0, 0.1) is 13.8 Å². The third kappa shape index (κ3) is 4.14. The first-order chi connectivity index (χ1) is 18.7. The van der Waals surface area contributed by atoms with Crippen LogP contribution < -0.4 is 4.90 Å². The van der Waals surface area contributed by atoms with E-state index in [9.17, 15) is 24.3 Å². The van der Waals surface area contributed by atoms with Gasteiger partial charge in [0.1, 0.15) is 16.2 Å².